The molecule has 8 N–H and O–H groups in total. The van der Waals surface area contributed by atoms with Crippen molar-refractivity contribution >= 4 is 17.7 Å². The summed E-state index contributed by atoms with van der Waals surface area (Å²) in [4.78, 5) is 35.8. The van der Waals surface area contributed by atoms with Crippen LogP contribution in [0.3, 0.4) is 0 Å². The zero-order valence-corrected chi connectivity index (χ0v) is 14.5. The number of para-hydroxylation sites is 2. The summed E-state index contributed by atoms with van der Waals surface area (Å²) in [6.07, 6.45) is -0.0774. The maximum Gasteiger partial charge on any atom is 0.255 e. The Bertz CT molecular complexity index is 914. The van der Waals surface area contributed by atoms with Gasteiger partial charge in [0.1, 0.15) is 6.04 Å². The number of phenols is 4. The first-order valence-electron chi connectivity index (χ1n) is 8.12. The first-order chi connectivity index (χ1) is 13.2. The lowest BCUT2D eigenvalue weighted by Gasteiger charge is -2.16. The number of rotatable bonds is 7. The van der Waals surface area contributed by atoms with E-state index < -0.39 is 46.8 Å². The maximum atomic E-state index is 12.2. The number of hydrogen-bond donors (Lipinski definition) is 7. The van der Waals surface area contributed by atoms with Crippen molar-refractivity contribution in [2.75, 3.05) is 6.54 Å². The molecular formula is C18H19N3O7. The van der Waals surface area contributed by atoms with Crippen molar-refractivity contribution in [3.05, 3.63) is 47.5 Å². The molecule has 2 aromatic carbocycles. The highest BCUT2D eigenvalue weighted by atomic mass is 16.3. The second kappa shape index (κ2) is 8.62. The fourth-order valence-electron chi connectivity index (χ4n) is 2.38. The average Bonchev–Trinajstić information content (AvgIpc) is 2.64. The molecule has 148 valence electrons. The van der Waals surface area contributed by atoms with Crippen molar-refractivity contribution in [3.8, 4) is 23.0 Å². The van der Waals surface area contributed by atoms with Gasteiger partial charge >= 0.3 is 0 Å². The Kier molecular flexibility index (Phi) is 6.27. The molecule has 0 heterocycles. The van der Waals surface area contributed by atoms with Gasteiger partial charge in [0.2, 0.25) is 5.91 Å². The Morgan fingerprint density at radius 3 is 1.86 bits per heavy atom. The lowest BCUT2D eigenvalue weighted by Crippen LogP contribution is -2.46. The van der Waals surface area contributed by atoms with Gasteiger partial charge in [0.05, 0.1) is 11.1 Å². The van der Waals surface area contributed by atoms with Gasteiger partial charge in [-0.25, -0.2) is 0 Å². The molecule has 0 aliphatic carbocycles. The molecule has 0 bridgehead atoms. The normalized spacial score (nSPS) is 11.4. The van der Waals surface area contributed by atoms with E-state index in [-0.39, 0.29) is 24.1 Å². The van der Waals surface area contributed by atoms with Gasteiger partial charge in [-0.2, -0.15) is 0 Å². The average molecular weight is 389 g/mol. The third-order valence-corrected chi connectivity index (χ3v) is 3.89. The molecule has 0 aromatic heterocycles. The number of carbonyl (C=O) groups excluding carboxylic acids is 3. The summed E-state index contributed by atoms with van der Waals surface area (Å²) in [5.41, 5.74) is 4.84. The smallest absolute Gasteiger partial charge is 0.255 e. The molecule has 0 saturated carbocycles. The van der Waals surface area contributed by atoms with E-state index >= 15 is 0 Å². The summed E-state index contributed by atoms with van der Waals surface area (Å²) in [6, 6.07) is 6.47. The predicted octanol–water partition coefficient (Wildman–Crippen LogP) is -0.0872. The molecule has 1 atom stereocenters. The highest BCUT2D eigenvalue weighted by molar-refractivity contribution is 6.00. The Balaban J connectivity index is 1.99. The molecule has 2 rings (SSSR count). The van der Waals surface area contributed by atoms with E-state index in [9.17, 15) is 34.8 Å². The molecule has 3 amide bonds. The van der Waals surface area contributed by atoms with Gasteiger partial charge in [-0.1, -0.05) is 12.1 Å². The molecule has 0 fully saturated rings. The van der Waals surface area contributed by atoms with Crippen LogP contribution in [-0.4, -0.2) is 50.7 Å². The number of benzene rings is 2. The van der Waals surface area contributed by atoms with E-state index in [1.54, 1.807) is 0 Å². The van der Waals surface area contributed by atoms with Crippen molar-refractivity contribution in [1.29, 1.82) is 0 Å². The van der Waals surface area contributed by atoms with Gasteiger partial charge < -0.3 is 36.8 Å². The second-order valence-electron chi connectivity index (χ2n) is 5.82. The third-order valence-electron chi connectivity index (χ3n) is 3.89. The van der Waals surface area contributed by atoms with Gasteiger partial charge in [0, 0.05) is 6.54 Å². The number of aromatic hydroxyl groups is 4. The van der Waals surface area contributed by atoms with Gasteiger partial charge in [0.15, 0.2) is 23.0 Å². The van der Waals surface area contributed by atoms with Gasteiger partial charge in [-0.05, 0) is 30.7 Å². The molecule has 0 unspecified atom stereocenters. The Hall–Kier alpha value is -3.95. The Morgan fingerprint density at radius 1 is 0.857 bits per heavy atom. The predicted molar refractivity (Wildman–Crippen MR) is 96.9 cm³/mol. The first kappa shape index (κ1) is 20.4. The molecule has 28 heavy (non-hydrogen) atoms. The van der Waals surface area contributed by atoms with Crippen LogP contribution >= 0.6 is 0 Å². The van der Waals surface area contributed by atoms with Crippen molar-refractivity contribution in [2.24, 2.45) is 5.73 Å². The van der Waals surface area contributed by atoms with Crippen LogP contribution in [0.2, 0.25) is 0 Å². The van der Waals surface area contributed by atoms with Crippen LogP contribution in [0.15, 0.2) is 36.4 Å². The number of hydrogen-bond acceptors (Lipinski definition) is 7. The summed E-state index contributed by atoms with van der Waals surface area (Å²) < 4.78 is 0. The standard InChI is InChI=1S/C18H19N3O7/c19-16(26)11(21-18(28)10-4-2-6-13(23)15(10)25)7-8-20-17(27)9-3-1-5-12(22)14(9)24/h1-6,11,22-25H,7-8H2,(H2,19,26)(H,20,27)(H,21,28)/t11-/m0/s1. The van der Waals surface area contributed by atoms with Crippen LogP contribution in [0.1, 0.15) is 27.1 Å². The molecule has 0 aliphatic rings. The van der Waals surface area contributed by atoms with Crippen LogP contribution in [0, 0.1) is 0 Å². The molecule has 0 saturated heterocycles. The number of primary amides is 1. The Labute approximate surface area is 159 Å². The monoisotopic (exact) mass is 389 g/mol. The van der Waals surface area contributed by atoms with E-state index in [4.69, 9.17) is 5.73 Å². The Morgan fingerprint density at radius 2 is 1.36 bits per heavy atom. The summed E-state index contributed by atoms with van der Waals surface area (Å²) in [6.45, 7) is -0.0894. The zero-order valence-electron chi connectivity index (χ0n) is 14.5. The maximum absolute atomic E-state index is 12.2. The van der Waals surface area contributed by atoms with Crippen molar-refractivity contribution < 1.29 is 34.8 Å². The van der Waals surface area contributed by atoms with E-state index in [0.29, 0.717) is 0 Å². The SMILES string of the molecule is NC(=O)[C@H](CCNC(=O)c1cccc(O)c1O)NC(=O)c1cccc(O)c1O. The summed E-state index contributed by atoms with van der Waals surface area (Å²) in [5.74, 6) is -4.59. The van der Waals surface area contributed by atoms with Crippen molar-refractivity contribution in [1.82, 2.24) is 10.6 Å². The fourth-order valence-corrected chi connectivity index (χ4v) is 2.38. The minimum absolute atomic E-state index is 0.0774. The summed E-state index contributed by atoms with van der Waals surface area (Å²) in [7, 11) is 0. The number of carbonyl (C=O) groups is 3. The number of amides is 3. The molecule has 0 radical (unpaired) electrons. The molecule has 0 spiro atoms. The lowest BCUT2D eigenvalue weighted by molar-refractivity contribution is -0.120. The molecular weight excluding hydrogens is 370 g/mol. The number of phenolic OH excluding ortho intramolecular Hbond substituents is 4. The third kappa shape index (κ3) is 4.61. The van der Waals surface area contributed by atoms with Crippen LogP contribution in [0.4, 0.5) is 0 Å². The van der Waals surface area contributed by atoms with Gasteiger partial charge in [0.25, 0.3) is 11.8 Å². The fraction of sp³-hybridized carbons (Fsp3) is 0.167. The van der Waals surface area contributed by atoms with Crippen molar-refractivity contribution in [2.45, 2.75) is 12.5 Å². The summed E-state index contributed by atoms with van der Waals surface area (Å²) in [5, 5.41) is 43.0. The number of nitrogens with two attached hydrogens (primary N) is 1. The van der Waals surface area contributed by atoms with Crippen LogP contribution < -0.4 is 16.4 Å². The molecule has 10 nitrogen and oxygen atoms in total. The molecule has 10 heteroatoms. The van der Waals surface area contributed by atoms with Crippen LogP contribution in [0.25, 0.3) is 0 Å². The lowest BCUT2D eigenvalue weighted by atomic mass is 10.1. The second-order valence-corrected chi connectivity index (χ2v) is 5.82. The highest BCUT2D eigenvalue weighted by Crippen LogP contribution is 2.28. The minimum atomic E-state index is -1.17. The van der Waals surface area contributed by atoms with Crippen LogP contribution in [0.5, 0.6) is 23.0 Å². The molecule has 2 aromatic rings. The van der Waals surface area contributed by atoms with E-state index in [2.05, 4.69) is 10.6 Å². The largest absolute Gasteiger partial charge is 0.504 e. The van der Waals surface area contributed by atoms with Gasteiger partial charge in [-0.15, -0.1) is 0 Å². The van der Waals surface area contributed by atoms with Gasteiger partial charge in [-0.3, -0.25) is 14.4 Å². The highest BCUT2D eigenvalue weighted by Gasteiger charge is 2.22. The van der Waals surface area contributed by atoms with Crippen molar-refractivity contribution in [3.63, 3.8) is 0 Å². The minimum Gasteiger partial charge on any atom is -0.504 e. The quantitative estimate of drug-likeness (QED) is 0.323. The first-order valence-corrected chi connectivity index (χ1v) is 8.12. The summed E-state index contributed by atoms with van der Waals surface area (Å²) >= 11 is 0. The topological polar surface area (TPSA) is 182 Å². The van der Waals surface area contributed by atoms with E-state index in [1.165, 1.54) is 36.4 Å². The zero-order chi connectivity index (χ0) is 20.8. The van der Waals surface area contributed by atoms with E-state index in [1.807, 2.05) is 0 Å². The van der Waals surface area contributed by atoms with E-state index in [0.717, 1.165) is 0 Å². The molecule has 0 aliphatic heterocycles. The number of nitrogens with one attached hydrogen (secondary N) is 2. The van der Waals surface area contributed by atoms with Crippen LogP contribution in [-0.2, 0) is 4.79 Å².